The zero-order chi connectivity index (χ0) is 13.0. The monoisotopic (exact) mass is 304 g/mol. The molecule has 0 saturated heterocycles. The Morgan fingerprint density at radius 1 is 1.41 bits per heavy atom. The van der Waals surface area contributed by atoms with E-state index >= 15 is 0 Å². The Morgan fingerprint density at radius 3 is 2.47 bits per heavy atom. The second-order valence-corrected chi connectivity index (χ2v) is 4.11. The van der Waals surface area contributed by atoms with Crippen LogP contribution in [0.2, 0.25) is 0 Å². The van der Waals surface area contributed by atoms with Crippen LogP contribution in [0.3, 0.4) is 0 Å². The average molecular weight is 305 g/mol. The molecule has 0 spiro atoms. The van der Waals surface area contributed by atoms with Gasteiger partial charge in [-0.05, 0) is 22.0 Å². The molecule has 1 aromatic heterocycles. The molecule has 7 nitrogen and oxygen atoms in total. The molecule has 17 heavy (non-hydrogen) atoms. The van der Waals surface area contributed by atoms with Crippen LogP contribution >= 0.6 is 15.9 Å². The Kier molecular flexibility index (Phi) is 4.27. The highest BCUT2D eigenvalue weighted by Crippen LogP contribution is 2.10. The Hall–Kier alpha value is -1.83. The van der Waals surface area contributed by atoms with Crippen LogP contribution in [-0.2, 0) is 9.59 Å². The standard InChI is InChI=1S/C9H9BrN2O5/c10-4-1-5(11-3-4)8(15)12-6(9(16)17)2-7(13)14/h1,3,6,11H,2H2,(H,12,15)(H,13,14)(H,16,17)/t6-/m1/s1. The van der Waals surface area contributed by atoms with Gasteiger partial charge in [0.15, 0.2) is 0 Å². The number of carbonyl (C=O) groups is 3. The van der Waals surface area contributed by atoms with E-state index in [-0.39, 0.29) is 5.69 Å². The molecule has 0 fully saturated rings. The zero-order valence-corrected chi connectivity index (χ0v) is 10.0. The third kappa shape index (κ3) is 3.91. The summed E-state index contributed by atoms with van der Waals surface area (Å²) in [4.78, 5) is 35.3. The summed E-state index contributed by atoms with van der Waals surface area (Å²) in [5.41, 5.74) is 0.147. The number of aliphatic carboxylic acids is 2. The number of nitrogens with one attached hydrogen (secondary N) is 2. The van der Waals surface area contributed by atoms with Gasteiger partial charge in [-0.1, -0.05) is 0 Å². The largest absolute Gasteiger partial charge is 0.481 e. The first kappa shape index (κ1) is 13.2. The quantitative estimate of drug-likeness (QED) is 0.629. The van der Waals surface area contributed by atoms with Crippen molar-refractivity contribution in [2.75, 3.05) is 0 Å². The fourth-order valence-corrected chi connectivity index (χ4v) is 1.45. The summed E-state index contributed by atoms with van der Waals surface area (Å²) < 4.78 is 0.632. The lowest BCUT2D eigenvalue weighted by molar-refractivity contribution is -0.145. The van der Waals surface area contributed by atoms with Crippen LogP contribution in [0.1, 0.15) is 16.9 Å². The van der Waals surface area contributed by atoms with Crippen molar-refractivity contribution in [2.24, 2.45) is 0 Å². The average Bonchev–Trinajstić information content (AvgIpc) is 2.63. The molecule has 4 N–H and O–H groups in total. The fourth-order valence-electron chi connectivity index (χ4n) is 1.11. The minimum atomic E-state index is -1.46. The molecule has 0 aliphatic heterocycles. The van der Waals surface area contributed by atoms with Crippen LogP contribution in [0.25, 0.3) is 0 Å². The van der Waals surface area contributed by atoms with Crippen molar-refractivity contribution in [3.05, 3.63) is 22.4 Å². The van der Waals surface area contributed by atoms with Gasteiger partial charge in [-0.3, -0.25) is 9.59 Å². The lowest BCUT2D eigenvalue weighted by Gasteiger charge is -2.11. The van der Waals surface area contributed by atoms with Crippen molar-refractivity contribution in [1.82, 2.24) is 10.3 Å². The molecular weight excluding hydrogens is 296 g/mol. The second kappa shape index (κ2) is 5.48. The molecule has 0 aliphatic rings. The van der Waals surface area contributed by atoms with Crippen LogP contribution in [0.5, 0.6) is 0 Å². The molecule has 0 saturated carbocycles. The lowest BCUT2D eigenvalue weighted by Crippen LogP contribution is -2.42. The molecule has 1 atom stereocenters. The van der Waals surface area contributed by atoms with E-state index in [9.17, 15) is 14.4 Å². The van der Waals surface area contributed by atoms with Gasteiger partial charge in [-0.15, -0.1) is 0 Å². The number of rotatable bonds is 5. The van der Waals surface area contributed by atoms with Crippen molar-refractivity contribution < 1.29 is 24.6 Å². The molecule has 0 radical (unpaired) electrons. The maximum Gasteiger partial charge on any atom is 0.326 e. The number of H-pyrrole nitrogens is 1. The molecular formula is C9H9BrN2O5. The molecule has 1 aromatic rings. The summed E-state index contributed by atoms with van der Waals surface area (Å²) in [6.45, 7) is 0. The molecule has 8 heteroatoms. The van der Waals surface area contributed by atoms with E-state index in [0.717, 1.165) is 0 Å². The van der Waals surface area contributed by atoms with Crippen LogP contribution in [0.15, 0.2) is 16.7 Å². The third-order valence-electron chi connectivity index (χ3n) is 1.87. The van der Waals surface area contributed by atoms with E-state index in [0.29, 0.717) is 4.47 Å². The van der Waals surface area contributed by atoms with Crippen LogP contribution in [0, 0.1) is 0 Å². The SMILES string of the molecule is O=C(O)C[C@@H](NC(=O)c1cc(Br)c[nH]1)C(=O)O. The van der Waals surface area contributed by atoms with Crippen molar-refractivity contribution in [2.45, 2.75) is 12.5 Å². The number of aromatic amines is 1. The smallest absolute Gasteiger partial charge is 0.326 e. The Labute approximate surface area is 104 Å². The van der Waals surface area contributed by atoms with Gasteiger partial charge < -0.3 is 20.5 Å². The minimum absolute atomic E-state index is 0.147. The predicted octanol–water partition coefficient (Wildman–Crippen LogP) is 0.435. The van der Waals surface area contributed by atoms with E-state index in [2.05, 4.69) is 26.2 Å². The molecule has 1 rings (SSSR count). The highest BCUT2D eigenvalue weighted by molar-refractivity contribution is 9.10. The summed E-state index contributed by atoms with van der Waals surface area (Å²) in [6.07, 6.45) is 0.824. The van der Waals surface area contributed by atoms with Gasteiger partial charge in [-0.25, -0.2) is 4.79 Å². The number of carboxylic acids is 2. The Bertz CT molecular complexity index is 456. The number of carboxylic acid groups (broad SMARTS) is 2. The van der Waals surface area contributed by atoms with E-state index in [1.807, 2.05) is 0 Å². The summed E-state index contributed by atoms with van der Waals surface area (Å²) in [7, 11) is 0. The number of amides is 1. The van der Waals surface area contributed by atoms with Gasteiger partial charge in [0.1, 0.15) is 11.7 Å². The van der Waals surface area contributed by atoms with Gasteiger partial charge in [0.2, 0.25) is 0 Å². The van der Waals surface area contributed by atoms with Crippen molar-refractivity contribution in [1.29, 1.82) is 0 Å². The van der Waals surface area contributed by atoms with Crippen molar-refractivity contribution in [3.8, 4) is 0 Å². The van der Waals surface area contributed by atoms with Gasteiger partial charge in [-0.2, -0.15) is 0 Å². The summed E-state index contributed by atoms with van der Waals surface area (Å²) >= 11 is 3.11. The number of halogens is 1. The van der Waals surface area contributed by atoms with E-state index in [1.165, 1.54) is 12.3 Å². The van der Waals surface area contributed by atoms with E-state index in [4.69, 9.17) is 10.2 Å². The Morgan fingerprint density at radius 2 is 2.06 bits per heavy atom. The number of hydrogen-bond donors (Lipinski definition) is 4. The van der Waals surface area contributed by atoms with Crippen LogP contribution in [-0.4, -0.2) is 39.1 Å². The van der Waals surface area contributed by atoms with Crippen molar-refractivity contribution in [3.63, 3.8) is 0 Å². The summed E-state index contributed by atoms with van der Waals surface area (Å²) in [5, 5.41) is 19.3. The minimum Gasteiger partial charge on any atom is -0.481 e. The highest BCUT2D eigenvalue weighted by atomic mass is 79.9. The summed E-state index contributed by atoms with van der Waals surface area (Å²) in [5.74, 6) is -3.37. The molecule has 92 valence electrons. The maximum absolute atomic E-state index is 11.5. The van der Waals surface area contributed by atoms with Gasteiger partial charge in [0.25, 0.3) is 5.91 Å². The molecule has 1 amide bonds. The predicted molar refractivity (Wildman–Crippen MR) is 59.6 cm³/mol. The first-order valence-electron chi connectivity index (χ1n) is 4.49. The number of hydrogen-bond acceptors (Lipinski definition) is 3. The van der Waals surface area contributed by atoms with Gasteiger partial charge >= 0.3 is 11.9 Å². The number of aromatic nitrogens is 1. The zero-order valence-electron chi connectivity index (χ0n) is 8.44. The van der Waals surface area contributed by atoms with Crippen LogP contribution < -0.4 is 5.32 Å². The van der Waals surface area contributed by atoms with Gasteiger partial charge in [0, 0.05) is 10.7 Å². The second-order valence-electron chi connectivity index (χ2n) is 3.19. The first-order valence-corrected chi connectivity index (χ1v) is 5.29. The normalized spacial score (nSPS) is 11.8. The summed E-state index contributed by atoms with van der Waals surface area (Å²) in [6, 6.07) is -0.00303. The lowest BCUT2D eigenvalue weighted by atomic mass is 10.2. The molecule has 0 bridgehead atoms. The first-order chi connectivity index (χ1) is 7.90. The van der Waals surface area contributed by atoms with E-state index < -0.39 is 30.3 Å². The highest BCUT2D eigenvalue weighted by Gasteiger charge is 2.23. The van der Waals surface area contributed by atoms with E-state index in [1.54, 1.807) is 0 Å². The fraction of sp³-hybridized carbons (Fsp3) is 0.222. The van der Waals surface area contributed by atoms with Crippen molar-refractivity contribution >= 4 is 33.8 Å². The molecule has 0 aromatic carbocycles. The Balaban J connectivity index is 2.70. The molecule has 0 aliphatic carbocycles. The molecule has 1 heterocycles. The topological polar surface area (TPSA) is 119 Å². The molecule has 0 unspecified atom stereocenters. The van der Waals surface area contributed by atoms with Crippen LogP contribution in [0.4, 0.5) is 0 Å². The van der Waals surface area contributed by atoms with Gasteiger partial charge in [0.05, 0.1) is 6.42 Å². The third-order valence-corrected chi connectivity index (χ3v) is 2.33. The maximum atomic E-state index is 11.5. The number of carbonyl (C=O) groups excluding carboxylic acids is 1.